The second-order valence-electron chi connectivity index (χ2n) is 18.6. The summed E-state index contributed by atoms with van der Waals surface area (Å²) >= 11 is 0. The van der Waals surface area contributed by atoms with E-state index in [0.29, 0.717) is 44.1 Å². The third kappa shape index (κ3) is 4.82. The van der Waals surface area contributed by atoms with Crippen LogP contribution in [0.5, 0.6) is 0 Å². The van der Waals surface area contributed by atoms with E-state index in [1.807, 2.05) is 25.7 Å². The van der Waals surface area contributed by atoms with Gasteiger partial charge in [0.25, 0.3) is 0 Å². The van der Waals surface area contributed by atoms with E-state index >= 15 is 0 Å². The lowest BCUT2D eigenvalue weighted by atomic mass is 9.41. The number of morpholine rings is 1. The number of hydrogen-bond acceptors (Lipinski definition) is 8. The predicted molar refractivity (Wildman–Crippen MR) is 176 cm³/mol. The fourth-order valence-corrected chi connectivity index (χ4v) is 14.0. The Morgan fingerprint density at radius 3 is 2.45 bits per heavy atom. The minimum atomic E-state index is -1.03. The number of nitrogens with zero attached hydrogens (tertiary/aromatic N) is 1. The molecule has 9 heteroatoms. The number of ether oxygens (including phenoxy) is 4. The second-order valence-corrected chi connectivity index (χ2v) is 18.6. The number of aliphatic carboxylic acids is 1. The molecule has 47 heavy (non-hydrogen) atoms. The van der Waals surface area contributed by atoms with E-state index in [2.05, 4.69) is 34.6 Å². The van der Waals surface area contributed by atoms with E-state index in [1.165, 1.54) is 12.8 Å². The number of carboxylic acids is 1. The Balaban J connectivity index is 1.12. The van der Waals surface area contributed by atoms with Gasteiger partial charge in [0.1, 0.15) is 6.10 Å². The van der Waals surface area contributed by atoms with Crippen LogP contribution in [-0.4, -0.2) is 101 Å². The van der Waals surface area contributed by atoms with Crippen LogP contribution >= 0.6 is 0 Å². The summed E-state index contributed by atoms with van der Waals surface area (Å²) in [5.74, 6) is 0.843. The van der Waals surface area contributed by atoms with Crippen molar-refractivity contribution in [1.82, 2.24) is 4.90 Å². The Morgan fingerprint density at radius 2 is 1.77 bits per heavy atom. The van der Waals surface area contributed by atoms with Gasteiger partial charge in [-0.25, -0.2) is 0 Å². The largest absolute Gasteiger partial charge is 0.480 e. The van der Waals surface area contributed by atoms with Gasteiger partial charge < -0.3 is 34.3 Å². The highest BCUT2D eigenvalue weighted by Gasteiger charge is 2.84. The first-order valence-corrected chi connectivity index (χ1v) is 18.8. The lowest BCUT2D eigenvalue weighted by Gasteiger charge is -2.64. The average molecular weight is 662 g/mol. The number of fused-ring (bicyclic) bond motifs is 4. The number of hydrogen-bond donors (Lipinski definition) is 3. The highest BCUT2D eigenvalue weighted by Crippen LogP contribution is 2.89. The monoisotopic (exact) mass is 661 g/mol. The molecule has 2 heterocycles. The maximum absolute atomic E-state index is 12.6. The molecule has 14 unspecified atom stereocenters. The van der Waals surface area contributed by atoms with Gasteiger partial charge in [-0.2, -0.15) is 0 Å². The molecule has 0 aromatic heterocycles. The number of carbonyl (C=O) groups is 1. The number of aliphatic hydroxyl groups is 2. The minimum Gasteiger partial charge on any atom is -0.480 e. The zero-order valence-electron chi connectivity index (χ0n) is 30.3. The summed E-state index contributed by atoms with van der Waals surface area (Å²) in [5, 5.41) is 32.9. The van der Waals surface area contributed by atoms with Gasteiger partial charge in [0.05, 0.1) is 49.7 Å². The topological polar surface area (TPSA) is 118 Å². The van der Waals surface area contributed by atoms with Gasteiger partial charge in [0.2, 0.25) is 0 Å². The smallest absolute Gasteiger partial charge is 0.317 e. The Labute approximate surface area is 282 Å². The lowest BCUT2D eigenvalue weighted by molar-refractivity contribution is -0.248. The molecule has 0 aromatic rings. The van der Waals surface area contributed by atoms with Crippen LogP contribution in [0.15, 0.2) is 0 Å². The van der Waals surface area contributed by atoms with Crippen LogP contribution < -0.4 is 0 Å². The van der Waals surface area contributed by atoms with Crippen LogP contribution in [0, 0.1) is 50.7 Å². The van der Waals surface area contributed by atoms with Crippen LogP contribution in [0.1, 0.15) is 107 Å². The van der Waals surface area contributed by atoms with Gasteiger partial charge in [-0.3, -0.25) is 9.69 Å². The molecule has 2 saturated heterocycles. The zero-order chi connectivity index (χ0) is 33.9. The molecule has 0 bridgehead atoms. The molecule has 7 fully saturated rings. The van der Waals surface area contributed by atoms with Crippen LogP contribution in [0.25, 0.3) is 0 Å². The molecule has 2 aliphatic heterocycles. The summed E-state index contributed by atoms with van der Waals surface area (Å²) in [6.07, 6.45) is 7.09. The molecular weight excluding hydrogens is 598 g/mol. The Kier molecular flexibility index (Phi) is 8.36. The maximum atomic E-state index is 12.6. The van der Waals surface area contributed by atoms with Gasteiger partial charge >= 0.3 is 5.97 Å². The standard InChI is InChI=1S/C38H63NO8/c1-9-44-32(34(5,6)43)23-18-22(2)29-30(46-23)31(42)36(8)25-11-10-24-33(3,4)26(47-28-20-39(16-17-45-28)19-27(40)41)12-13-37(24)21-38(25,37)15-14-35(29,36)7/h22-26,28-32,42-43H,9-21H2,1-8H3,(H,40,41). The number of rotatable bonds is 8. The first kappa shape index (κ1) is 34.6. The van der Waals surface area contributed by atoms with E-state index in [0.717, 1.165) is 38.5 Å². The summed E-state index contributed by atoms with van der Waals surface area (Å²) in [5.41, 5.74) is -0.767. The fraction of sp³-hybridized carbons (Fsp3) is 0.974. The molecule has 7 aliphatic rings. The summed E-state index contributed by atoms with van der Waals surface area (Å²) in [7, 11) is 0. The summed E-state index contributed by atoms with van der Waals surface area (Å²) in [6, 6.07) is 0. The summed E-state index contributed by atoms with van der Waals surface area (Å²) in [6.45, 7) is 19.8. The van der Waals surface area contributed by atoms with E-state index < -0.39 is 23.8 Å². The third-order valence-electron chi connectivity index (χ3n) is 15.9. The van der Waals surface area contributed by atoms with Crippen molar-refractivity contribution in [3.63, 3.8) is 0 Å². The molecule has 14 atom stereocenters. The van der Waals surface area contributed by atoms with E-state index in [1.54, 1.807) is 0 Å². The summed E-state index contributed by atoms with van der Waals surface area (Å²) < 4.78 is 25.8. The number of carboxylic acid groups (broad SMARTS) is 1. The van der Waals surface area contributed by atoms with Crippen LogP contribution in [0.4, 0.5) is 0 Å². The van der Waals surface area contributed by atoms with Crippen molar-refractivity contribution in [3.05, 3.63) is 0 Å². The molecule has 7 rings (SSSR count). The SMILES string of the molecule is CCOC(C1CC(C)C2C(O1)C(O)C1(C)C3CCC4C(C)(C)C(OC5CN(CC(=O)O)CCO5)CCC45CC35CCC21C)C(C)(C)O. The normalized spacial score (nSPS) is 51.1. The van der Waals surface area contributed by atoms with E-state index in [-0.39, 0.29) is 64.1 Å². The fourth-order valence-electron chi connectivity index (χ4n) is 14.0. The molecule has 9 nitrogen and oxygen atoms in total. The maximum Gasteiger partial charge on any atom is 0.317 e. The van der Waals surface area contributed by atoms with Crippen molar-refractivity contribution >= 4 is 5.97 Å². The van der Waals surface area contributed by atoms with Crippen molar-refractivity contribution in [3.8, 4) is 0 Å². The van der Waals surface area contributed by atoms with Crippen LogP contribution in [-0.2, 0) is 23.7 Å². The quantitative estimate of drug-likeness (QED) is 0.327. The van der Waals surface area contributed by atoms with Gasteiger partial charge in [0.15, 0.2) is 6.29 Å². The Morgan fingerprint density at radius 1 is 1.06 bits per heavy atom. The van der Waals surface area contributed by atoms with Gasteiger partial charge in [-0.15, -0.1) is 0 Å². The average Bonchev–Trinajstić information content (AvgIpc) is 3.61. The molecule has 5 saturated carbocycles. The van der Waals surface area contributed by atoms with Crippen molar-refractivity contribution in [2.75, 3.05) is 32.8 Å². The van der Waals surface area contributed by atoms with Crippen LogP contribution in [0.2, 0.25) is 0 Å². The third-order valence-corrected chi connectivity index (χ3v) is 15.9. The Bertz CT molecular complexity index is 1220. The summed E-state index contributed by atoms with van der Waals surface area (Å²) in [4.78, 5) is 13.3. The highest BCUT2D eigenvalue weighted by atomic mass is 16.7. The van der Waals surface area contributed by atoms with Gasteiger partial charge in [-0.05, 0) is 117 Å². The first-order chi connectivity index (χ1) is 22.0. The molecule has 0 radical (unpaired) electrons. The van der Waals surface area contributed by atoms with Crippen molar-refractivity contribution in [2.24, 2.45) is 50.7 Å². The lowest BCUT2D eigenvalue weighted by Crippen LogP contribution is -2.60. The highest BCUT2D eigenvalue weighted by molar-refractivity contribution is 5.69. The Hall–Kier alpha value is -0.810. The van der Waals surface area contributed by atoms with Crippen molar-refractivity contribution in [1.29, 1.82) is 0 Å². The molecule has 0 aromatic carbocycles. The number of aliphatic hydroxyl groups excluding tert-OH is 1. The van der Waals surface area contributed by atoms with Crippen LogP contribution in [0.3, 0.4) is 0 Å². The molecule has 0 amide bonds. The van der Waals surface area contributed by atoms with E-state index in [9.17, 15) is 20.1 Å². The van der Waals surface area contributed by atoms with Gasteiger partial charge in [0, 0.05) is 18.6 Å². The molecule has 268 valence electrons. The molecule has 3 N–H and O–H groups in total. The molecular formula is C38H63NO8. The van der Waals surface area contributed by atoms with Crippen molar-refractivity contribution < 1.29 is 39.1 Å². The minimum absolute atomic E-state index is 0.0141. The van der Waals surface area contributed by atoms with Crippen molar-refractivity contribution in [2.45, 2.75) is 149 Å². The first-order valence-electron chi connectivity index (χ1n) is 18.8. The predicted octanol–water partition coefficient (Wildman–Crippen LogP) is 5.10. The van der Waals surface area contributed by atoms with Gasteiger partial charge in [-0.1, -0.05) is 34.6 Å². The molecule has 2 spiro atoms. The zero-order valence-corrected chi connectivity index (χ0v) is 30.3. The van der Waals surface area contributed by atoms with E-state index in [4.69, 9.17) is 18.9 Å². The molecule has 5 aliphatic carbocycles. The second kappa shape index (κ2) is 11.3.